The number of piperazine rings is 1. The van der Waals surface area contributed by atoms with Gasteiger partial charge in [-0.1, -0.05) is 13.0 Å². The van der Waals surface area contributed by atoms with Crippen molar-refractivity contribution in [2.45, 2.75) is 6.92 Å². The number of anilines is 1. The molecular formula is C18H28N4O3. The zero-order valence-electron chi connectivity index (χ0n) is 15.5. The van der Waals surface area contributed by atoms with E-state index in [1.54, 1.807) is 14.2 Å². The van der Waals surface area contributed by atoms with E-state index in [1.165, 1.54) is 12.8 Å². The highest BCUT2D eigenvalue weighted by Crippen LogP contribution is 2.22. The van der Waals surface area contributed by atoms with E-state index in [4.69, 9.17) is 9.47 Å². The third kappa shape index (κ3) is 5.01. The van der Waals surface area contributed by atoms with Crippen LogP contribution in [0, 0.1) is 5.92 Å². The van der Waals surface area contributed by atoms with Crippen molar-refractivity contribution >= 4 is 17.6 Å². The number of hydrogen-bond acceptors (Lipinski definition) is 5. The summed E-state index contributed by atoms with van der Waals surface area (Å²) in [6.07, 6.45) is 0. The van der Waals surface area contributed by atoms with E-state index in [9.17, 15) is 4.79 Å². The average Bonchev–Trinajstić information content (AvgIpc) is 2.68. The molecule has 1 aliphatic rings. The standard InChI is InChI=1S/C18H28N4O3/c1-14(17(23)25-4)13-20-18(19-2)22-10-8-21(9-11-22)15-6-5-7-16(12-15)24-3/h5-7,12,14H,8-11,13H2,1-4H3,(H,19,20). The van der Waals surface area contributed by atoms with Crippen LogP contribution in [0.5, 0.6) is 5.75 Å². The van der Waals surface area contributed by atoms with Crippen molar-refractivity contribution in [2.75, 3.05) is 58.9 Å². The van der Waals surface area contributed by atoms with E-state index in [2.05, 4.69) is 32.2 Å². The number of nitrogens with one attached hydrogen (secondary N) is 1. The highest BCUT2D eigenvalue weighted by molar-refractivity contribution is 5.81. The van der Waals surface area contributed by atoms with Gasteiger partial charge >= 0.3 is 5.97 Å². The van der Waals surface area contributed by atoms with Crippen LogP contribution in [0.4, 0.5) is 5.69 Å². The van der Waals surface area contributed by atoms with Gasteiger partial charge < -0.3 is 24.6 Å². The largest absolute Gasteiger partial charge is 0.497 e. The normalized spacial score (nSPS) is 16.4. The molecule has 1 heterocycles. The van der Waals surface area contributed by atoms with Crippen LogP contribution in [0.15, 0.2) is 29.3 Å². The molecule has 1 aromatic carbocycles. The number of nitrogens with zero attached hydrogens (tertiary/aromatic N) is 3. The third-order valence-electron chi connectivity index (χ3n) is 4.38. The molecule has 1 atom stereocenters. The van der Waals surface area contributed by atoms with E-state index in [0.29, 0.717) is 6.54 Å². The Hall–Kier alpha value is -2.44. The predicted molar refractivity (Wildman–Crippen MR) is 99.3 cm³/mol. The minimum absolute atomic E-state index is 0.208. The Kier molecular flexibility index (Phi) is 6.91. The minimum atomic E-state index is -0.217. The van der Waals surface area contributed by atoms with Gasteiger partial charge in [0.1, 0.15) is 5.75 Å². The van der Waals surface area contributed by atoms with Crippen molar-refractivity contribution in [3.8, 4) is 5.75 Å². The van der Waals surface area contributed by atoms with Crippen LogP contribution in [0.1, 0.15) is 6.92 Å². The zero-order valence-corrected chi connectivity index (χ0v) is 15.5. The zero-order chi connectivity index (χ0) is 18.2. The van der Waals surface area contributed by atoms with Crippen LogP contribution in [0.3, 0.4) is 0 Å². The number of rotatable bonds is 5. The third-order valence-corrected chi connectivity index (χ3v) is 4.38. The summed E-state index contributed by atoms with van der Waals surface area (Å²) in [6, 6.07) is 8.12. The van der Waals surface area contributed by atoms with Crippen molar-refractivity contribution < 1.29 is 14.3 Å². The smallest absolute Gasteiger partial charge is 0.310 e. The fourth-order valence-corrected chi connectivity index (χ4v) is 2.84. The number of aliphatic imine (C=N–C) groups is 1. The second kappa shape index (κ2) is 9.15. The first-order chi connectivity index (χ1) is 12.1. The van der Waals surface area contributed by atoms with E-state index in [-0.39, 0.29) is 11.9 Å². The summed E-state index contributed by atoms with van der Waals surface area (Å²) >= 11 is 0. The van der Waals surface area contributed by atoms with Gasteiger partial charge in [-0.3, -0.25) is 9.79 Å². The van der Waals surface area contributed by atoms with Crippen molar-refractivity contribution in [3.05, 3.63) is 24.3 Å². The Balaban J connectivity index is 1.88. The molecule has 7 heteroatoms. The molecule has 0 radical (unpaired) electrons. The maximum absolute atomic E-state index is 11.5. The summed E-state index contributed by atoms with van der Waals surface area (Å²) < 4.78 is 10.1. The molecule has 1 unspecified atom stereocenters. The Labute approximate surface area is 149 Å². The monoisotopic (exact) mass is 348 g/mol. The second-order valence-electron chi connectivity index (χ2n) is 6.03. The first-order valence-electron chi connectivity index (χ1n) is 8.51. The van der Waals surface area contributed by atoms with E-state index in [1.807, 2.05) is 19.1 Å². The van der Waals surface area contributed by atoms with Gasteiger partial charge in [0, 0.05) is 51.5 Å². The summed E-state index contributed by atoms with van der Waals surface area (Å²) in [4.78, 5) is 20.4. The number of hydrogen-bond donors (Lipinski definition) is 1. The maximum atomic E-state index is 11.5. The molecule has 0 amide bonds. The van der Waals surface area contributed by atoms with Gasteiger partial charge in [0.15, 0.2) is 5.96 Å². The van der Waals surface area contributed by atoms with Gasteiger partial charge in [0.05, 0.1) is 20.1 Å². The van der Waals surface area contributed by atoms with Crippen LogP contribution in [-0.2, 0) is 9.53 Å². The van der Waals surface area contributed by atoms with Crippen molar-refractivity contribution in [2.24, 2.45) is 10.9 Å². The number of guanidine groups is 1. The van der Waals surface area contributed by atoms with Gasteiger partial charge in [0.2, 0.25) is 0 Å². The molecule has 1 N–H and O–H groups in total. The fraction of sp³-hybridized carbons (Fsp3) is 0.556. The minimum Gasteiger partial charge on any atom is -0.497 e. The van der Waals surface area contributed by atoms with Crippen molar-refractivity contribution in [3.63, 3.8) is 0 Å². The van der Waals surface area contributed by atoms with E-state index >= 15 is 0 Å². The number of ether oxygens (including phenoxy) is 2. The number of esters is 1. The molecule has 0 spiro atoms. The lowest BCUT2D eigenvalue weighted by Gasteiger charge is -2.38. The summed E-state index contributed by atoms with van der Waals surface area (Å²) in [5.41, 5.74) is 1.17. The SMILES string of the molecule is CN=C(NCC(C)C(=O)OC)N1CCN(c2cccc(OC)c2)CC1. The molecule has 0 bridgehead atoms. The predicted octanol–water partition coefficient (Wildman–Crippen LogP) is 1.20. The quantitative estimate of drug-likeness (QED) is 0.490. The molecule has 7 nitrogen and oxygen atoms in total. The number of carbonyl (C=O) groups is 1. The molecule has 1 aromatic rings. The second-order valence-corrected chi connectivity index (χ2v) is 6.03. The van der Waals surface area contributed by atoms with Crippen LogP contribution in [-0.4, -0.2) is 70.8 Å². The molecule has 0 aromatic heterocycles. The molecule has 0 aliphatic carbocycles. The molecular weight excluding hydrogens is 320 g/mol. The van der Waals surface area contributed by atoms with Gasteiger partial charge in [-0.15, -0.1) is 0 Å². The Bertz CT molecular complexity index is 598. The van der Waals surface area contributed by atoms with Crippen molar-refractivity contribution in [1.29, 1.82) is 0 Å². The molecule has 1 saturated heterocycles. The Morgan fingerprint density at radius 1 is 1.28 bits per heavy atom. The number of carbonyl (C=O) groups excluding carboxylic acids is 1. The van der Waals surface area contributed by atoms with Crippen LogP contribution in [0.25, 0.3) is 0 Å². The van der Waals surface area contributed by atoms with Gasteiger partial charge in [-0.05, 0) is 12.1 Å². The highest BCUT2D eigenvalue weighted by atomic mass is 16.5. The Morgan fingerprint density at radius 2 is 2.00 bits per heavy atom. The Morgan fingerprint density at radius 3 is 2.60 bits per heavy atom. The van der Waals surface area contributed by atoms with Gasteiger partial charge in [-0.2, -0.15) is 0 Å². The molecule has 25 heavy (non-hydrogen) atoms. The number of benzene rings is 1. The lowest BCUT2D eigenvalue weighted by Crippen LogP contribution is -2.53. The molecule has 1 aliphatic heterocycles. The van der Waals surface area contributed by atoms with E-state index in [0.717, 1.165) is 37.9 Å². The highest BCUT2D eigenvalue weighted by Gasteiger charge is 2.21. The molecule has 1 fully saturated rings. The maximum Gasteiger partial charge on any atom is 0.310 e. The van der Waals surface area contributed by atoms with Crippen LogP contribution in [0.2, 0.25) is 0 Å². The number of methoxy groups -OCH3 is 2. The summed E-state index contributed by atoms with van der Waals surface area (Å²) in [5.74, 6) is 1.26. The lowest BCUT2D eigenvalue weighted by molar-refractivity contribution is -0.144. The van der Waals surface area contributed by atoms with Gasteiger partial charge in [-0.25, -0.2) is 0 Å². The van der Waals surface area contributed by atoms with Crippen LogP contribution < -0.4 is 15.0 Å². The van der Waals surface area contributed by atoms with E-state index < -0.39 is 0 Å². The fourth-order valence-electron chi connectivity index (χ4n) is 2.84. The first-order valence-corrected chi connectivity index (χ1v) is 8.51. The first kappa shape index (κ1) is 18.9. The summed E-state index contributed by atoms with van der Waals surface area (Å²) in [7, 11) is 4.85. The topological polar surface area (TPSA) is 66.4 Å². The average molecular weight is 348 g/mol. The molecule has 138 valence electrons. The van der Waals surface area contributed by atoms with Gasteiger partial charge in [0.25, 0.3) is 0 Å². The molecule has 2 rings (SSSR count). The van der Waals surface area contributed by atoms with Crippen LogP contribution >= 0.6 is 0 Å². The lowest BCUT2D eigenvalue weighted by atomic mass is 10.2. The summed E-state index contributed by atoms with van der Waals surface area (Å²) in [6.45, 7) is 5.89. The summed E-state index contributed by atoms with van der Waals surface area (Å²) in [5, 5.41) is 3.26. The van der Waals surface area contributed by atoms with Crippen molar-refractivity contribution in [1.82, 2.24) is 10.2 Å². The molecule has 0 saturated carbocycles.